The summed E-state index contributed by atoms with van der Waals surface area (Å²) in [6, 6.07) is 9.95. The third-order valence-electron chi connectivity index (χ3n) is 3.71. The van der Waals surface area contributed by atoms with Crippen molar-refractivity contribution in [2.75, 3.05) is 19.7 Å². The normalized spacial score (nSPS) is 18.6. The summed E-state index contributed by atoms with van der Waals surface area (Å²) >= 11 is 0. The van der Waals surface area contributed by atoms with Crippen molar-refractivity contribution in [3.8, 4) is 11.8 Å². The van der Waals surface area contributed by atoms with E-state index in [0.717, 1.165) is 24.0 Å². The largest absolute Gasteiger partial charge is 0.491 e. The Labute approximate surface area is 118 Å². The molecule has 0 amide bonds. The van der Waals surface area contributed by atoms with E-state index in [-0.39, 0.29) is 0 Å². The summed E-state index contributed by atoms with van der Waals surface area (Å²) in [5, 5.41) is 13.5. The summed E-state index contributed by atoms with van der Waals surface area (Å²) in [6.07, 6.45) is 3.96. The number of hydrogen-bond acceptors (Lipinski definition) is 4. The van der Waals surface area contributed by atoms with Crippen LogP contribution in [-0.2, 0) is 0 Å². The molecular formula is C16H17N3O. The van der Waals surface area contributed by atoms with Crippen LogP contribution in [-0.4, -0.2) is 24.7 Å². The molecule has 1 saturated heterocycles. The van der Waals surface area contributed by atoms with Crippen LogP contribution in [0.15, 0.2) is 30.5 Å². The fourth-order valence-corrected chi connectivity index (χ4v) is 2.62. The highest BCUT2D eigenvalue weighted by Gasteiger charge is 2.16. The molecule has 1 atom stereocenters. The van der Waals surface area contributed by atoms with Crippen molar-refractivity contribution < 1.29 is 4.74 Å². The van der Waals surface area contributed by atoms with Crippen LogP contribution >= 0.6 is 0 Å². The van der Waals surface area contributed by atoms with Gasteiger partial charge in [-0.2, -0.15) is 5.26 Å². The lowest BCUT2D eigenvalue weighted by molar-refractivity contribution is 0.220. The standard InChI is InChI=1S/C16H17N3O/c17-8-13-10-19-15-6-2-1-5-14(15)16(13)20-11-12-4-3-7-18-9-12/h1-2,5-6,10,12,18H,3-4,7,9,11H2. The van der Waals surface area contributed by atoms with Gasteiger partial charge < -0.3 is 10.1 Å². The Balaban J connectivity index is 1.87. The molecule has 1 aliphatic rings. The van der Waals surface area contributed by atoms with Crippen molar-refractivity contribution in [1.82, 2.24) is 10.3 Å². The minimum Gasteiger partial charge on any atom is -0.491 e. The third kappa shape index (κ3) is 2.59. The van der Waals surface area contributed by atoms with Crippen molar-refractivity contribution in [3.63, 3.8) is 0 Å². The molecule has 0 bridgehead atoms. The second kappa shape index (κ2) is 5.89. The smallest absolute Gasteiger partial charge is 0.148 e. The van der Waals surface area contributed by atoms with E-state index in [9.17, 15) is 5.26 Å². The molecule has 1 aromatic heterocycles. The van der Waals surface area contributed by atoms with Crippen LogP contribution in [0.1, 0.15) is 18.4 Å². The van der Waals surface area contributed by atoms with Gasteiger partial charge in [-0.3, -0.25) is 4.98 Å². The molecule has 20 heavy (non-hydrogen) atoms. The SMILES string of the molecule is N#Cc1cnc2ccccc2c1OCC1CCCNC1. The van der Waals surface area contributed by atoms with Gasteiger partial charge in [0.25, 0.3) is 0 Å². The average molecular weight is 267 g/mol. The number of nitriles is 1. The molecule has 2 aromatic rings. The molecule has 1 aliphatic heterocycles. The molecule has 102 valence electrons. The Morgan fingerprint density at radius 2 is 2.30 bits per heavy atom. The van der Waals surface area contributed by atoms with E-state index in [1.54, 1.807) is 6.20 Å². The highest BCUT2D eigenvalue weighted by molar-refractivity contribution is 5.87. The lowest BCUT2D eigenvalue weighted by atomic mass is 10.0. The summed E-state index contributed by atoms with van der Waals surface area (Å²) < 4.78 is 5.98. The minimum absolute atomic E-state index is 0.507. The zero-order valence-electron chi connectivity index (χ0n) is 11.3. The van der Waals surface area contributed by atoms with E-state index in [2.05, 4.69) is 16.4 Å². The number of fused-ring (bicyclic) bond motifs is 1. The Kier molecular flexibility index (Phi) is 3.80. The first-order valence-electron chi connectivity index (χ1n) is 7.00. The number of nitrogens with zero attached hydrogens (tertiary/aromatic N) is 2. The van der Waals surface area contributed by atoms with E-state index < -0.39 is 0 Å². The molecule has 1 N–H and O–H groups in total. The molecule has 3 rings (SSSR count). The van der Waals surface area contributed by atoms with Crippen molar-refractivity contribution in [1.29, 1.82) is 5.26 Å². The predicted molar refractivity (Wildman–Crippen MR) is 77.5 cm³/mol. The number of aromatic nitrogens is 1. The molecule has 0 radical (unpaired) electrons. The molecule has 4 heteroatoms. The van der Waals surface area contributed by atoms with Gasteiger partial charge in [-0.15, -0.1) is 0 Å². The highest BCUT2D eigenvalue weighted by Crippen LogP contribution is 2.28. The number of para-hydroxylation sites is 1. The van der Waals surface area contributed by atoms with Crippen molar-refractivity contribution in [2.24, 2.45) is 5.92 Å². The maximum atomic E-state index is 9.23. The lowest BCUT2D eigenvalue weighted by Crippen LogP contribution is -2.33. The lowest BCUT2D eigenvalue weighted by Gasteiger charge is -2.23. The minimum atomic E-state index is 0.507. The van der Waals surface area contributed by atoms with Crippen LogP contribution in [0.2, 0.25) is 0 Å². The maximum absolute atomic E-state index is 9.23. The summed E-state index contributed by atoms with van der Waals surface area (Å²) in [6.45, 7) is 2.73. The number of benzene rings is 1. The predicted octanol–water partition coefficient (Wildman–Crippen LogP) is 2.48. The third-order valence-corrected chi connectivity index (χ3v) is 3.71. The molecule has 1 fully saturated rings. The topological polar surface area (TPSA) is 57.9 Å². The Morgan fingerprint density at radius 1 is 1.40 bits per heavy atom. The number of pyridine rings is 1. The van der Waals surface area contributed by atoms with Crippen LogP contribution < -0.4 is 10.1 Å². The Bertz CT molecular complexity index is 642. The number of ether oxygens (including phenoxy) is 1. The maximum Gasteiger partial charge on any atom is 0.148 e. The van der Waals surface area contributed by atoms with E-state index in [0.29, 0.717) is 23.8 Å². The van der Waals surface area contributed by atoms with Crippen LogP contribution in [0.4, 0.5) is 0 Å². The van der Waals surface area contributed by atoms with E-state index in [4.69, 9.17) is 4.74 Å². The molecular weight excluding hydrogens is 250 g/mol. The van der Waals surface area contributed by atoms with E-state index in [1.165, 1.54) is 12.8 Å². The van der Waals surface area contributed by atoms with Gasteiger partial charge in [-0.25, -0.2) is 0 Å². The van der Waals surface area contributed by atoms with Gasteiger partial charge in [-0.1, -0.05) is 12.1 Å². The molecule has 1 aromatic carbocycles. The van der Waals surface area contributed by atoms with Crippen LogP contribution in [0.5, 0.6) is 5.75 Å². The molecule has 0 spiro atoms. The van der Waals surface area contributed by atoms with Crippen molar-refractivity contribution in [2.45, 2.75) is 12.8 Å². The van der Waals surface area contributed by atoms with E-state index in [1.807, 2.05) is 24.3 Å². The van der Waals surface area contributed by atoms with Crippen molar-refractivity contribution in [3.05, 3.63) is 36.0 Å². The summed E-state index contributed by atoms with van der Waals surface area (Å²) in [5.41, 5.74) is 1.37. The molecule has 4 nitrogen and oxygen atoms in total. The monoisotopic (exact) mass is 267 g/mol. The van der Waals surface area contributed by atoms with Crippen molar-refractivity contribution >= 4 is 10.9 Å². The van der Waals surface area contributed by atoms with Gasteiger partial charge in [-0.05, 0) is 31.5 Å². The first-order chi connectivity index (χ1) is 9.88. The van der Waals surface area contributed by atoms with Crippen LogP contribution in [0.3, 0.4) is 0 Å². The summed E-state index contributed by atoms with van der Waals surface area (Å²) in [7, 11) is 0. The van der Waals surface area contributed by atoms with Gasteiger partial charge in [0.1, 0.15) is 17.4 Å². The first kappa shape index (κ1) is 12.9. The number of piperidine rings is 1. The zero-order valence-corrected chi connectivity index (χ0v) is 11.3. The van der Waals surface area contributed by atoms with E-state index >= 15 is 0 Å². The molecule has 1 unspecified atom stereocenters. The van der Waals surface area contributed by atoms with Gasteiger partial charge in [0.15, 0.2) is 0 Å². The fraction of sp³-hybridized carbons (Fsp3) is 0.375. The zero-order chi connectivity index (χ0) is 13.8. The van der Waals surface area contributed by atoms with Crippen LogP contribution in [0, 0.1) is 17.2 Å². The second-order valence-corrected chi connectivity index (χ2v) is 5.15. The summed E-state index contributed by atoms with van der Waals surface area (Å²) in [5.74, 6) is 1.19. The first-order valence-corrected chi connectivity index (χ1v) is 7.00. The van der Waals surface area contributed by atoms with Gasteiger partial charge in [0, 0.05) is 24.0 Å². The highest BCUT2D eigenvalue weighted by atomic mass is 16.5. The molecule has 2 heterocycles. The Hall–Kier alpha value is -2.12. The second-order valence-electron chi connectivity index (χ2n) is 5.15. The van der Waals surface area contributed by atoms with Gasteiger partial charge in [0.05, 0.1) is 12.1 Å². The summed E-state index contributed by atoms with van der Waals surface area (Å²) in [4.78, 5) is 4.29. The number of hydrogen-bond donors (Lipinski definition) is 1. The number of rotatable bonds is 3. The number of nitrogens with one attached hydrogen (secondary N) is 1. The molecule has 0 saturated carbocycles. The van der Waals surface area contributed by atoms with Crippen LogP contribution in [0.25, 0.3) is 10.9 Å². The quantitative estimate of drug-likeness (QED) is 0.928. The van der Waals surface area contributed by atoms with Gasteiger partial charge in [0.2, 0.25) is 0 Å². The van der Waals surface area contributed by atoms with Gasteiger partial charge >= 0.3 is 0 Å². The molecule has 0 aliphatic carbocycles. The average Bonchev–Trinajstić information content (AvgIpc) is 2.53. The fourth-order valence-electron chi connectivity index (χ4n) is 2.62. The Morgan fingerprint density at radius 3 is 3.10 bits per heavy atom.